The number of rotatable bonds is 8. The Morgan fingerprint density at radius 3 is 2.20 bits per heavy atom. The molecular formula is C28H43N5O2. The van der Waals surface area contributed by atoms with Crippen molar-refractivity contribution in [1.29, 1.82) is 0 Å². The van der Waals surface area contributed by atoms with E-state index in [1.807, 2.05) is 6.07 Å². The van der Waals surface area contributed by atoms with Crippen molar-refractivity contribution in [3.63, 3.8) is 0 Å². The fourth-order valence-electron chi connectivity index (χ4n) is 5.61. The summed E-state index contributed by atoms with van der Waals surface area (Å²) >= 11 is 0. The van der Waals surface area contributed by atoms with Crippen molar-refractivity contribution in [3.05, 3.63) is 35.4 Å². The highest BCUT2D eigenvalue weighted by Gasteiger charge is 2.32. The first-order valence-corrected chi connectivity index (χ1v) is 13.2. The molecular weight excluding hydrogens is 438 g/mol. The molecule has 0 unspecified atom stereocenters. The van der Waals surface area contributed by atoms with Crippen molar-refractivity contribution in [2.24, 2.45) is 0 Å². The first-order valence-electron chi connectivity index (χ1n) is 13.2. The molecule has 7 heteroatoms. The third-order valence-corrected chi connectivity index (χ3v) is 7.79. The minimum atomic E-state index is 0.0777. The lowest BCUT2D eigenvalue weighted by atomic mass is 9.77. The van der Waals surface area contributed by atoms with Gasteiger partial charge in [-0.05, 0) is 67.7 Å². The van der Waals surface area contributed by atoms with Crippen LogP contribution >= 0.6 is 0 Å². The average molecular weight is 482 g/mol. The molecule has 0 fully saturated rings. The topological polar surface area (TPSA) is 80.2 Å². The molecule has 2 heterocycles. The number of hydroxylamine groups is 2. The van der Waals surface area contributed by atoms with Crippen molar-refractivity contribution in [3.8, 4) is 11.5 Å². The van der Waals surface area contributed by atoms with Gasteiger partial charge < -0.3 is 30.9 Å². The van der Waals surface area contributed by atoms with Crippen LogP contribution in [-0.4, -0.2) is 38.0 Å². The van der Waals surface area contributed by atoms with Crippen LogP contribution in [0.25, 0.3) is 0 Å². The lowest BCUT2D eigenvalue weighted by Crippen LogP contribution is -2.38. The van der Waals surface area contributed by atoms with E-state index in [-0.39, 0.29) is 5.41 Å². The van der Waals surface area contributed by atoms with E-state index >= 15 is 0 Å². The highest BCUT2D eigenvalue weighted by molar-refractivity contribution is 5.70. The number of hydrogen-bond acceptors (Lipinski definition) is 7. The highest BCUT2D eigenvalue weighted by atomic mass is 16.9. The van der Waals surface area contributed by atoms with E-state index in [2.05, 4.69) is 62.6 Å². The van der Waals surface area contributed by atoms with Gasteiger partial charge in [0.15, 0.2) is 11.5 Å². The maximum absolute atomic E-state index is 6.44. The van der Waals surface area contributed by atoms with Crippen molar-refractivity contribution in [2.45, 2.75) is 78.2 Å². The van der Waals surface area contributed by atoms with E-state index in [4.69, 9.17) is 21.1 Å². The molecule has 0 aliphatic carbocycles. The minimum absolute atomic E-state index is 0.0777. The molecule has 4 rings (SSSR count). The number of benzene rings is 2. The van der Waals surface area contributed by atoms with Crippen LogP contribution in [0.15, 0.2) is 24.3 Å². The van der Waals surface area contributed by atoms with Gasteiger partial charge in [-0.25, -0.2) is 0 Å². The Hall–Kier alpha value is -2.80. The molecule has 0 aromatic heterocycles. The predicted octanol–water partition coefficient (Wildman–Crippen LogP) is 5.52. The molecule has 7 nitrogen and oxygen atoms in total. The standard InChI is InChI=1S/C28H43N5O2/c1-7-20(8-2)33-13-10-11-19-15-22(29)26(17-24(19)33)34-31(6)35-27-18-25-21(16-23(27)30)28(4,5)12-14-32(25)9-3/h15-18,20H,7-14,29-30H2,1-6H3. The summed E-state index contributed by atoms with van der Waals surface area (Å²) < 4.78 is 0. The summed E-state index contributed by atoms with van der Waals surface area (Å²) in [6.07, 6.45) is 5.52. The smallest absolute Gasteiger partial charge is 0.176 e. The molecule has 0 saturated carbocycles. The molecule has 0 saturated heterocycles. The maximum atomic E-state index is 6.44. The Balaban J connectivity index is 1.58. The SMILES string of the molecule is CCC(CC)N1CCCc2cc(N)c(ON(C)Oc3cc4c(cc3N)C(C)(C)CCN4CC)cc21. The molecule has 0 radical (unpaired) electrons. The molecule has 2 aromatic carbocycles. The molecule has 2 aliphatic heterocycles. The lowest BCUT2D eigenvalue weighted by molar-refractivity contribution is -0.235. The van der Waals surface area contributed by atoms with Crippen LogP contribution in [0.1, 0.15) is 71.4 Å². The molecule has 0 spiro atoms. The third kappa shape index (κ3) is 4.96. The van der Waals surface area contributed by atoms with Crippen molar-refractivity contribution < 1.29 is 9.68 Å². The molecule has 0 bridgehead atoms. The molecule has 4 N–H and O–H groups in total. The fourth-order valence-corrected chi connectivity index (χ4v) is 5.61. The van der Waals surface area contributed by atoms with Gasteiger partial charge in [-0.3, -0.25) is 0 Å². The molecule has 192 valence electrons. The van der Waals surface area contributed by atoms with E-state index in [0.29, 0.717) is 28.9 Å². The number of hydrogen-bond donors (Lipinski definition) is 2. The summed E-state index contributed by atoms with van der Waals surface area (Å²) in [5, 5.41) is 1.35. The quantitative estimate of drug-likeness (QED) is 0.380. The third-order valence-electron chi connectivity index (χ3n) is 7.79. The highest BCUT2D eigenvalue weighted by Crippen LogP contribution is 2.44. The first-order chi connectivity index (χ1) is 16.7. The van der Waals surface area contributed by atoms with Crippen molar-refractivity contribution >= 4 is 22.7 Å². The second kappa shape index (κ2) is 10.1. The molecule has 2 aliphatic rings. The van der Waals surface area contributed by atoms with E-state index < -0.39 is 0 Å². The van der Waals surface area contributed by atoms with Crippen LogP contribution in [0.4, 0.5) is 22.7 Å². The summed E-state index contributed by atoms with van der Waals surface area (Å²) in [4.78, 5) is 17.1. The molecule has 35 heavy (non-hydrogen) atoms. The average Bonchev–Trinajstić information content (AvgIpc) is 2.82. The molecule has 2 aromatic rings. The van der Waals surface area contributed by atoms with Crippen molar-refractivity contribution in [2.75, 3.05) is 47.9 Å². The predicted molar refractivity (Wildman–Crippen MR) is 146 cm³/mol. The lowest BCUT2D eigenvalue weighted by Gasteiger charge is -2.40. The van der Waals surface area contributed by atoms with Gasteiger partial charge in [0, 0.05) is 54.4 Å². The van der Waals surface area contributed by atoms with Crippen LogP contribution in [0.2, 0.25) is 0 Å². The number of anilines is 4. The Morgan fingerprint density at radius 2 is 1.57 bits per heavy atom. The normalized spacial score (nSPS) is 16.9. The number of fused-ring (bicyclic) bond motifs is 2. The van der Waals surface area contributed by atoms with Crippen LogP contribution < -0.4 is 30.9 Å². The van der Waals surface area contributed by atoms with E-state index in [1.54, 1.807) is 7.05 Å². The van der Waals surface area contributed by atoms with Gasteiger partial charge in [0.2, 0.25) is 0 Å². The number of nitrogen functional groups attached to an aromatic ring is 2. The van der Waals surface area contributed by atoms with Gasteiger partial charge in [0.25, 0.3) is 0 Å². The number of nitrogens with two attached hydrogens (primary N) is 2. The van der Waals surface area contributed by atoms with Gasteiger partial charge in [-0.2, -0.15) is 0 Å². The van der Waals surface area contributed by atoms with E-state index in [0.717, 1.165) is 51.7 Å². The fraction of sp³-hybridized carbons (Fsp3) is 0.571. The van der Waals surface area contributed by atoms with E-state index in [9.17, 15) is 0 Å². The van der Waals surface area contributed by atoms with Gasteiger partial charge in [0.05, 0.1) is 18.4 Å². The zero-order valence-corrected chi connectivity index (χ0v) is 22.4. The Bertz CT molecular complexity index is 1050. The van der Waals surface area contributed by atoms with Gasteiger partial charge in [0.1, 0.15) is 0 Å². The zero-order valence-electron chi connectivity index (χ0n) is 22.4. The van der Waals surface area contributed by atoms with Crippen LogP contribution in [-0.2, 0) is 11.8 Å². The van der Waals surface area contributed by atoms with Gasteiger partial charge >= 0.3 is 0 Å². The van der Waals surface area contributed by atoms with Crippen molar-refractivity contribution in [1.82, 2.24) is 5.23 Å². The largest absolute Gasteiger partial charge is 0.396 e. The number of nitrogens with zero attached hydrogens (tertiary/aromatic N) is 3. The second-order valence-electron chi connectivity index (χ2n) is 10.5. The Kier molecular flexibility index (Phi) is 7.27. The monoisotopic (exact) mass is 481 g/mol. The van der Waals surface area contributed by atoms with E-state index in [1.165, 1.54) is 27.7 Å². The molecule has 0 amide bonds. The summed E-state index contributed by atoms with van der Waals surface area (Å²) in [6, 6.07) is 8.74. The summed E-state index contributed by atoms with van der Waals surface area (Å²) in [7, 11) is 1.73. The maximum Gasteiger partial charge on any atom is 0.176 e. The van der Waals surface area contributed by atoms with Gasteiger partial charge in [-0.1, -0.05) is 27.7 Å². The zero-order chi connectivity index (χ0) is 25.3. The second-order valence-corrected chi connectivity index (χ2v) is 10.5. The van der Waals surface area contributed by atoms with Gasteiger partial charge in [-0.15, -0.1) is 0 Å². The van der Waals surface area contributed by atoms with Crippen LogP contribution in [0, 0.1) is 0 Å². The Morgan fingerprint density at radius 1 is 0.943 bits per heavy atom. The van der Waals surface area contributed by atoms with Crippen LogP contribution in [0.5, 0.6) is 11.5 Å². The summed E-state index contributed by atoms with van der Waals surface area (Å²) in [5.41, 5.74) is 19.1. The Labute approximate surface area is 210 Å². The van der Waals surface area contributed by atoms with Crippen LogP contribution in [0.3, 0.4) is 0 Å². The summed E-state index contributed by atoms with van der Waals surface area (Å²) in [6.45, 7) is 14.3. The number of aryl methyl sites for hydroxylation is 1. The minimum Gasteiger partial charge on any atom is -0.396 e. The molecule has 0 atom stereocenters. The summed E-state index contributed by atoms with van der Waals surface area (Å²) in [5.74, 6) is 1.18. The first kappa shape index (κ1) is 25.3.